The number of halogens is 1. The summed E-state index contributed by atoms with van der Waals surface area (Å²) < 4.78 is 15.0. The van der Waals surface area contributed by atoms with Gasteiger partial charge in [-0.15, -0.1) is 0 Å². The minimum atomic E-state index is -0.831. The molecule has 0 radical (unpaired) electrons. The van der Waals surface area contributed by atoms with Crippen LogP contribution in [-0.2, 0) is 16.1 Å². The van der Waals surface area contributed by atoms with Gasteiger partial charge in [0.05, 0.1) is 23.7 Å². The zero-order valence-electron chi connectivity index (χ0n) is 17.5. The molecule has 0 bridgehead atoms. The second kappa shape index (κ2) is 10.1. The lowest BCUT2D eigenvalue weighted by Crippen LogP contribution is -2.20. The van der Waals surface area contributed by atoms with E-state index >= 15 is 0 Å². The summed E-state index contributed by atoms with van der Waals surface area (Å²) in [5.41, 5.74) is 3.03. The summed E-state index contributed by atoms with van der Waals surface area (Å²) in [6, 6.07) is 19.0. The van der Waals surface area contributed by atoms with Crippen LogP contribution in [0.2, 0.25) is 0 Å². The summed E-state index contributed by atoms with van der Waals surface area (Å²) in [5, 5.41) is 17.0. The third-order valence-electron chi connectivity index (χ3n) is 4.59. The lowest BCUT2D eigenvalue weighted by Gasteiger charge is -2.17. The smallest absolute Gasteiger partial charge is 0.230 e. The first-order valence-corrected chi connectivity index (χ1v) is 9.71. The minimum Gasteiger partial charge on any atom is -0.311 e. The Morgan fingerprint density at radius 3 is 2.47 bits per heavy atom. The van der Waals surface area contributed by atoms with Gasteiger partial charge in [-0.3, -0.25) is 9.59 Å². The van der Waals surface area contributed by atoms with Gasteiger partial charge in [0, 0.05) is 12.5 Å². The molecule has 7 nitrogen and oxygen atoms in total. The van der Waals surface area contributed by atoms with Gasteiger partial charge < -0.3 is 5.32 Å². The molecule has 0 aliphatic rings. The number of amides is 2. The number of hydrazone groups is 1. The van der Waals surface area contributed by atoms with Crippen LogP contribution in [-0.4, -0.2) is 28.0 Å². The number of carbonyl (C=O) groups is 2. The van der Waals surface area contributed by atoms with Gasteiger partial charge in [0.15, 0.2) is 0 Å². The molecule has 32 heavy (non-hydrogen) atoms. The predicted molar refractivity (Wildman–Crippen MR) is 118 cm³/mol. The predicted octanol–water partition coefficient (Wildman–Crippen LogP) is 3.77. The Morgan fingerprint density at radius 1 is 1.16 bits per heavy atom. The maximum absolute atomic E-state index is 15.0. The molecule has 0 aliphatic heterocycles. The molecule has 0 aliphatic carbocycles. The van der Waals surface area contributed by atoms with Crippen LogP contribution < -0.4 is 5.32 Å². The van der Waals surface area contributed by atoms with Crippen LogP contribution in [0.15, 0.2) is 65.8 Å². The molecule has 0 spiro atoms. The fourth-order valence-corrected chi connectivity index (χ4v) is 3.05. The van der Waals surface area contributed by atoms with Gasteiger partial charge in [-0.25, -0.2) is 9.99 Å². The summed E-state index contributed by atoms with van der Waals surface area (Å²) in [4.78, 5) is 26.8. The van der Waals surface area contributed by atoms with E-state index < -0.39 is 5.95 Å². The van der Waals surface area contributed by atoms with Gasteiger partial charge in [0.1, 0.15) is 11.5 Å². The molecule has 0 fully saturated rings. The molecule has 0 atom stereocenters. The molecule has 2 amide bonds. The number of hydrogen-bond acceptors (Lipinski definition) is 5. The van der Waals surface area contributed by atoms with Crippen LogP contribution in [0, 0.1) is 24.2 Å². The van der Waals surface area contributed by atoms with E-state index in [1.807, 2.05) is 25.1 Å². The van der Waals surface area contributed by atoms with E-state index in [1.165, 1.54) is 19.1 Å². The minimum absolute atomic E-state index is 0.0766. The number of pyridine rings is 1. The Morgan fingerprint density at radius 2 is 1.88 bits per heavy atom. The quantitative estimate of drug-likeness (QED) is 0.267. The number of aromatic nitrogens is 1. The van der Waals surface area contributed by atoms with Crippen LogP contribution in [0.1, 0.15) is 34.7 Å². The van der Waals surface area contributed by atoms with Crippen molar-refractivity contribution in [1.82, 2.24) is 9.99 Å². The lowest BCUT2D eigenvalue weighted by molar-refractivity contribution is -0.118. The van der Waals surface area contributed by atoms with E-state index in [9.17, 15) is 14.0 Å². The second-order valence-corrected chi connectivity index (χ2v) is 6.99. The highest BCUT2D eigenvalue weighted by atomic mass is 19.1. The molecule has 3 rings (SSSR count). The van der Waals surface area contributed by atoms with Crippen LogP contribution >= 0.6 is 0 Å². The number of hydrogen-bond donors (Lipinski definition) is 1. The van der Waals surface area contributed by atoms with Crippen molar-refractivity contribution in [3.63, 3.8) is 0 Å². The van der Waals surface area contributed by atoms with Crippen molar-refractivity contribution < 1.29 is 14.0 Å². The van der Waals surface area contributed by atoms with Crippen molar-refractivity contribution in [3.8, 4) is 6.07 Å². The van der Waals surface area contributed by atoms with E-state index in [4.69, 9.17) is 5.26 Å². The van der Waals surface area contributed by atoms with Gasteiger partial charge in [-0.1, -0.05) is 36.4 Å². The Kier molecular flexibility index (Phi) is 7.03. The van der Waals surface area contributed by atoms with Crippen molar-refractivity contribution >= 4 is 23.8 Å². The number of nitriles is 1. The second-order valence-electron chi connectivity index (χ2n) is 6.99. The summed E-state index contributed by atoms with van der Waals surface area (Å²) in [6.45, 7) is 3.29. The first-order valence-electron chi connectivity index (χ1n) is 9.71. The number of rotatable bonds is 7. The first-order chi connectivity index (χ1) is 15.4. The fraction of sp³-hybridized carbons (Fsp3) is 0.125. The van der Waals surface area contributed by atoms with Crippen molar-refractivity contribution in [1.29, 1.82) is 5.26 Å². The van der Waals surface area contributed by atoms with Crippen LogP contribution in [0.25, 0.3) is 0 Å². The van der Waals surface area contributed by atoms with Crippen molar-refractivity contribution in [2.24, 2.45) is 5.10 Å². The molecule has 0 saturated heterocycles. The molecular formula is C24H20FN5O2. The van der Waals surface area contributed by atoms with Crippen LogP contribution in [0.4, 0.5) is 10.2 Å². The largest absolute Gasteiger partial charge is 0.311 e. The molecule has 1 N–H and O–H groups in total. The Bertz CT molecular complexity index is 1220. The molecule has 3 aromatic rings. The third kappa shape index (κ3) is 5.40. The maximum Gasteiger partial charge on any atom is 0.230 e. The molecule has 2 aromatic carbocycles. The average Bonchev–Trinajstić information content (AvgIpc) is 2.78. The Hall–Kier alpha value is -4.38. The Balaban J connectivity index is 2.05. The molecular weight excluding hydrogens is 409 g/mol. The number of benzene rings is 2. The maximum atomic E-state index is 15.0. The first kappa shape index (κ1) is 22.3. The number of nitrogens with zero attached hydrogens (tertiary/aromatic N) is 4. The summed E-state index contributed by atoms with van der Waals surface area (Å²) >= 11 is 0. The fourth-order valence-electron chi connectivity index (χ4n) is 3.05. The number of nitrogens with one attached hydrogen (secondary N) is 1. The van der Waals surface area contributed by atoms with Gasteiger partial charge >= 0.3 is 0 Å². The van der Waals surface area contributed by atoms with E-state index in [0.717, 1.165) is 16.1 Å². The topological polar surface area (TPSA) is 98.5 Å². The molecule has 8 heteroatoms. The Labute approximate surface area is 184 Å². The summed E-state index contributed by atoms with van der Waals surface area (Å²) in [5.74, 6) is -1.12. The summed E-state index contributed by atoms with van der Waals surface area (Å²) in [6.07, 6.45) is 0.549. The van der Waals surface area contributed by atoms with E-state index in [-0.39, 0.29) is 29.5 Å². The molecule has 1 heterocycles. The number of anilines is 1. The average molecular weight is 429 g/mol. The van der Waals surface area contributed by atoms with Crippen molar-refractivity contribution in [2.75, 3.05) is 5.32 Å². The van der Waals surface area contributed by atoms with Crippen molar-refractivity contribution in [2.45, 2.75) is 20.4 Å². The molecule has 0 unspecified atom stereocenters. The van der Waals surface area contributed by atoms with Gasteiger partial charge in [-0.2, -0.15) is 14.8 Å². The number of aryl methyl sites for hydroxylation is 1. The SMILES string of the molecule is CC(=O)Nc1ccc(/C(=N/N(C=O)Cc2ccc(C#N)cc2)c2ccccc2C)c(F)n1. The monoisotopic (exact) mass is 429 g/mol. The van der Waals surface area contributed by atoms with Crippen LogP contribution in [0.5, 0.6) is 0 Å². The van der Waals surface area contributed by atoms with Gasteiger partial charge in [-0.05, 0) is 42.3 Å². The number of carbonyl (C=O) groups excluding carboxylic acids is 2. The van der Waals surface area contributed by atoms with Crippen LogP contribution in [0.3, 0.4) is 0 Å². The lowest BCUT2D eigenvalue weighted by atomic mass is 9.99. The van der Waals surface area contributed by atoms with E-state index in [0.29, 0.717) is 17.5 Å². The third-order valence-corrected chi connectivity index (χ3v) is 4.59. The van der Waals surface area contributed by atoms with E-state index in [1.54, 1.807) is 36.4 Å². The van der Waals surface area contributed by atoms with Gasteiger partial charge in [0.2, 0.25) is 18.3 Å². The molecule has 0 saturated carbocycles. The zero-order valence-corrected chi connectivity index (χ0v) is 17.5. The summed E-state index contributed by atoms with van der Waals surface area (Å²) in [7, 11) is 0. The molecule has 1 aromatic heterocycles. The normalized spacial score (nSPS) is 10.9. The standard InChI is InChI=1S/C24H20FN5O2/c1-16-5-3-4-6-20(16)23(21-11-12-22(27-17(2)32)28-24(21)25)29-30(15-31)14-19-9-7-18(13-26)8-10-19/h3-12,15H,14H2,1-2H3,(H,27,28,32)/b29-23+. The zero-order chi connectivity index (χ0) is 23.1. The highest BCUT2D eigenvalue weighted by Crippen LogP contribution is 2.20. The molecule has 160 valence electrons. The van der Waals surface area contributed by atoms with Crippen molar-refractivity contribution in [3.05, 3.63) is 94.4 Å². The van der Waals surface area contributed by atoms with E-state index in [2.05, 4.69) is 15.4 Å². The van der Waals surface area contributed by atoms with Gasteiger partial charge in [0.25, 0.3) is 0 Å². The highest BCUT2D eigenvalue weighted by Gasteiger charge is 2.18. The highest BCUT2D eigenvalue weighted by molar-refractivity contribution is 6.13.